The van der Waals surface area contributed by atoms with Crippen LogP contribution in [0.5, 0.6) is 0 Å². The summed E-state index contributed by atoms with van der Waals surface area (Å²) in [4.78, 5) is 21.6. The van der Waals surface area contributed by atoms with Crippen molar-refractivity contribution in [3.05, 3.63) is 53.9 Å². The van der Waals surface area contributed by atoms with Crippen molar-refractivity contribution < 1.29 is 4.79 Å². The second kappa shape index (κ2) is 6.29. The zero-order valence-electron chi connectivity index (χ0n) is 14.5. The first kappa shape index (κ1) is 15.8. The van der Waals surface area contributed by atoms with Gasteiger partial charge in [0, 0.05) is 36.9 Å². The van der Waals surface area contributed by atoms with Gasteiger partial charge < -0.3 is 9.80 Å². The van der Waals surface area contributed by atoms with Gasteiger partial charge in [-0.2, -0.15) is 5.10 Å². The van der Waals surface area contributed by atoms with Gasteiger partial charge in [0.1, 0.15) is 6.54 Å². The fraction of sp³-hybridized carbons (Fsp3) is 0.316. The van der Waals surface area contributed by atoms with E-state index < -0.39 is 0 Å². The number of nitrogens with zero attached hydrogens (tertiary/aromatic N) is 5. The lowest BCUT2D eigenvalue weighted by Gasteiger charge is -2.22. The number of benzene rings is 1. The summed E-state index contributed by atoms with van der Waals surface area (Å²) >= 11 is 0. The van der Waals surface area contributed by atoms with Gasteiger partial charge in [0.2, 0.25) is 5.91 Å². The Morgan fingerprint density at radius 2 is 2.04 bits per heavy atom. The summed E-state index contributed by atoms with van der Waals surface area (Å²) in [5.74, 6) is 0.0372. The van der Waals surface area contributed by atoms with E-state index in [1.807, 2.05) is 36.1 Å². The highest BCUT2D eigenvalue weighted by atomic mass is 16.2. The van der Waals surface area contributed by atoms with Gasteiger partial charge in [-0.1, -0.05) is 18.2 Å². The van der Waals surface area contributed by atoms with Crippen LogP contribution in [0, 0.1) is 6.92 Å². The zero-order valence-corrected chi connectivity index (χ0v) is 14.5. The molecule has 2 aromatic heterocycles. The van der Waals surface area contributed by atoms with Gasteiger partial charge in [-0.05, 0) is 37.2 Å². The minimum absolute atomic E-state index is 0.0372. The lowest BCUT2D eigenvalue weighted by Crippen LogP contribution is -2.37. The molecule has 3 heterocycles. The van der Waals surface area contributed by atoms with Gasteiger partial charge in [-0.25, -0.2) is 9.67 Å². The van der Waals surface area contributed by atoms with E-state index in [1.54, 1.807) is 17.1 Å². The van der Waals surface area contributed by atoms with E-state index in [0.29, 0.717) is 6.54 Å². The van der Waals surface area contributed by atoms with Crippen molar-refractivity contribution in [3.8, 4) is 0 Å². The smallest absolute Gasteiger partial charge is 0.248 e. The van der Waals surface area contributed by atoms with E-state index in [0.717, 1.165) is 35.4 Å². The number of carbonyl (C=O) groups excluding carboxylic acids is 1. The predicted octanol–water partition coefficient (Wildman–Crippen LogP) is 2.22. The summed E-state index contributed by atoms with van der Waals surface area (Å²) in [6, 6.07) is 10.2. The Morgan fingerprint density at radius 1 is 1.20 bits per heavy atom. The van der Waals surface area contributed by atoms with Gasteiger partial charge in [-0.3, -0.25) is 4.79 Å². The molecule has 1 amide bonds. The van der Waals surface area contributed by atoms with Crippen LogP contribution in [0.3, 0.4) is 0 Å². The fourth-order valence-electron chi connectivity index (χ4n) is 3.34. The Balaban J connectivity index is 1.64. The van der Waals surface area contributed by atoms with E-state index in [9.17, 15) is 4.79 Å². The molecule has 0 spiro atoms. The third-order valence-electron chi connectivity index (χ3n) is 4.63. The number of para-hydroxylation sites is 1. The number of pyridine rings is 1. The SMILES string of the molecule is Cc1cnc2c(cnn2CC(=O)N2CCN(C)Cc3ccccc32)c1. The van der Waals surface area contributed by atoms with Crippen LogP contribution in [-0.2, 0) is 17.9 Å². The van der Waals surface area contributed by atoms with E-state index >= 15 is 0 Å². The Morgan fingerprint density at radius 3 is 2.92 bits per heavy atom. The van der Waals surface area contributed by atoms with E-state index in [-0.39, 0.29) is 12.5 Å². The topological polar surface area (TPSA) is 54.3 Å². The number of likely N-dealkylation sites (N-methyl/N-ethyl adjacent to an activating group) is 1. The molecule has 0 unspecified atom stereocenters. The fourth-order valence-corrected chi connectivity index (χ4v) is 3.34. The highest BCUT2D eigenvalue weighted by Crippen LogP contribution is 2.25. The molecule has 0 bridgehead atoms. The molecule has 0 N–H and O–H groups in total. The third-order valence-corrected chi connectivity index (χ3v) is 4.63. The van der Waals surface area contributed by atoms with Gasteiger partial charge in [-0.15, -0.1) is 0 Å². The second-order valence-electron chi connectivity index (χ2n) is 6.64. The first-order valence-corrected chi connectivity index (χ1v) is 8.47. The Kier molecular flexibility index (Phi) is 3.97. The quantitative estimate of drug-likeness (QED) is 0.721. The van der Waals surface area contributed by atoms with Crippen LogP contribution >= 0.6 is 0 Å². The van der Waals surface area contributed by atoms with Crippen molar-refractivity contribution in [1.82, 2.24) is 19.7 Å². The van der Waals surface area contributed by atoms with Gasteiger partial charge >= 0.3 is 0 Å². The standard InChI is InChI=1S/C19H21N5O/c1-14-9-16-11-21-24(19(16)20-10-14)13-18(25)23-8-7-22(2)12-15-5-3-4-6-17(15)23/h3-6,9-11H,7-8,12-13H2,1-2H3. The largest absolute Gasteiger partial charge is 0.309 e. The van der Waals surface area contributed by atoms with Crippen molar-refractivity contribution in [2.45, 2.75) is 20.0 Å². The normalized spacial score (nSPS) is 15.2. The molecule has 1 aromatic carbocycles. The number of hydrogen-bond donors (Lipinski definition) is 0. The number of hydrogen-bond acceptors (Lipinski definition) is 4. The van der Waals surface area contributed by atoms with Crippen molar-refractivity contribution in [3.63, 3.8) is 0 Å². The monoisotopic (exact) mass is 335 g/mol. The maximum absolute atomic E-state index is 13.0. The van der Waals surface area contributed by atoms with Gasteiger partial charge in [0.05, 0.1) is 6.20 Å². The summed E-state index contributed by atoms with van der Waals surface area (Å²) in [6.45, 7) is 4.57. The van der Waals surface area contributed by atoms with Crippen LogP contribution in [0.4, 0.5) is 5.69 Å². The summed E-state index contributed by atoms with van der Waals surface area (Å²) in [6.07, 6.45) is 3.58. The molecule has 4 rings (SSSR count). The molecule has 6 heteroatoms. The van der Waals surface area contributed by atoms with Crippen LogP contribution in [0.25, 0.3) is 11.0 Å². The molecule has 0 atom stereocenters. The van der Waals surface area contributed by atoms with Crippen LogP contribution in [-0.4, -0.2) is 45.7 Å². The Hall–Kier alpha value is -2.73. The van der Waals surface area contributed by atoms with Crippen molar-refractivity contribution in [2.75, 3.05) is 25.0 Å². The van der Waals surface area contributed by atoms with E-state index in [4.69, 9.17) is 0 Å². The lowest BCUT2D eigenvalue weighted by molar-refractivity contribution is -0.119. The molecule has 3 aromatic rings. The second-order valence-corrected chi connectivity index (χ2v) is 6.64. The maximum Gasteiger partial charge on any atom is 0.248 e. The number of rotatable bonds is 2. The highest BCUT2D eigenvalue weighted by Gasteiger charge is 2.23. The number of aromatic nitrogens is 3. The molecule has 0 aliphatic carbocycles. The third kappa shape index (κ3) is 3.00. The van der Waals surface area contributed by atoms with Crippen LogP contribution in [0.1, 0.15) is 11.1 Å². The van der Waals surface area contributed by atoms with E-state index in [2.05, 4.69) is 28.1 Å². The number of fused-ring (bicyclic) bond motifs is 2. The molecule has 1 aliphatic rings. The maximum atomic E-state index is 13.0. The van der Waals surface area contributed by atoms with Gasteiger partial charge in [0.25, 0.3) is 0 Å². The summed E-state index contributed by atoms with van der Waals surface area (Å²) in [7, 11) is 2.08. The molecule has 0 radical (unpaired) electrons. The number of carbonyl (C=O) groups is 1. The molecule has 128 valence electrons. The Bertz CT molecular complexity index is 932. The summed E-state index contributed by atoms with van der Waals surface area (Å²) < 4.78 is 1.69. The van der Waals surface area contributed by atoms with Crippen molar-refractivity contribution in [2.24, 2.45) is 0 Å². The predicted molar refractivity (Wildman–Crippen MR) is 97.4 cm³/mol. The van der Waals surface area contributed by atoms with Crippen molar-refractivity contribution in [1.29, 1.82) is 0 Å². The van der Waals surface area contributed by atoms with Crippen LogP contribution < -0.4 is 4.90 Å². The van der Waals surface area contributed by atoms with Crippen LogP contribution in [0.15, 0.2) is 42.7 Å². The minimum atomic E-state index is 0.0372. The molecule has 1 aliphatic heterocycles. The summed E-state index contributed by atoms with van der Waals surface area (Å²) in [5.41, 5.74) is 4.01. The molecular formula is C19H21N5O. The molecule has 0 saturated carbocycles. The number of anilines is 1. The minimum Gasteiger partial charge on any atom is -0.309 e. The first-order valence-electron chi connectivity index (χ1n) is 8.47. The molecule has 25 heavy (non-hydrogen) atoms. The van der Waals surface area contributed by atoms with Crippen molar-refractivity contribution >= 4 is 22.6 Å². The van der Waals surface area contributed by atoms with Gasteiger partial charge in [0.15, 0.2) is 5.65 Å². The number of amides is 1. The Labute approximate surface area is 146 Å². The molecule has 0 fully saturated rings. The van der Waals surface area contributed by atoms with Crippen LogP contribution in [0.2, 0.25) is 0 Å². The molecule has 0 saturated heterocycles. The zero-order chi connectivity index (χ0) is 17.4. The summed E-state index contributed by atoms with van der Waals surface area (Å²) in [5, 5.41) is 5.32. The number of aryl methyl sites for hydroxylation is 1. The van der Waals surface area contributed by atoms with E-state index in [1.165, 1.54) is 5.56 Å². The first-order chi connectivity index (χ1) is 12.1. The lowest BCUT2D eigenvalue weighted by atomic mass is 10.1. The average molecular weight is 335 g/mol. The highest BCUT2D eigenvalue weighted by molar-refractivity contribution is 5.94. The molecule has 6 nitrogen and oxygen atoms in total. The molecular weight excluding hydrogens is 314 g/mol. The average Bonchev–Trinajstić information content (AvgIpc) is 2.89.